The standard InChI is InChI=1S/C10H7Br2NO2/c1-15-10(14)4-8-6(5-13)2-7(11)3-9(8)12/h2-3H,4H2,1H3. The van der Waals surface area contributed by atoms with Crippen molar-refractivity contribution in [1.82, 2.24) is 0 Å². The van der Waals surface area contributed by atoms with Crippen molar-refractivity contribution >= 4 is 37.8 Å². The van der Waals surface area contributed by atoms with Gasteiger partial charge in [-0.3, -0.25) is 4.79 Å². The number of rotatable bonds is 2. The van der Waals surface area contributed by atoms with Crippen LogP contribution in [0, 0.1) is 11.3 Å². The van der Waals surface area contributed by atoms with Crippen LogP contribution in [0.1, 0.15) is 11.1 Å². The molecule has 1 rings (SSSR count). The van der Waals surface area contributed by atoms with Gasteiger partial charge >= 0.3 is 5.97 Å². The van der Waals surface area contributed by atoms with Crippen molar-refractivity contribution in [3.8, 4) is 6.07 Å². The van der Waals surface area contributed by atoms with Gasteiger partial charge in [-0.1, -0.05) is 31.9 Å². The minimum absolute atomic E-state index is 0.0905. The minimum atomic E-state index is -0.366. The second-order valence-corrected chi connectivity index (χ2v) is 4.55. The van der Waals surface area contributed by atoms with Crippen LogP contribution in [0.5, 0.6) is 0 Å². The molecule has 0 unspecified atom stereocenters. The summed E-state index contributed by atoms with van der Waals surface area (Å²) >= 11 is 6.58. The van der Waals surface area contributed by atoms with Gasteiger partial charge in [-0.2, -0.15) is 5.26 Å². The Hall–Kier alpha value is -0.860. The van der Waals surface area contributed by atoms with Gasteiger partial charge in [0.25, 0.3) is 0 Å². The SMILES string of the molecule is COC(=O)Cc1c(Br)cc(Br)cc1C#N. The number of benzene rings is 1. The Kier molecular flexibility index (Phi) is 4.30. The first kappa shape index (κ1) is 12.2. The molecule has 1 aromatic rings. The maximum absolute atomic E-state index is 11.1. The number of hydrogen-bond acceptors (Lipinski definition) is 3. The van der Waals surface area contributed by atoms with Crippen LogP contribution >= 0.6 is 31.9 Å². The minimum Gasteiger partial charge on any atom is -0.469 e. The molecular weight excluding hydrogens is 326 g/mol. The van der Waals surface area contributed by atoms with Gasteiger partial charge in [0.2, 0.25) is 0 Å². The molecule has 3 nitrogen and oxygen atoms in total. The highest BCUT2D eigenvalue weighted by atomic mass is 79.9. The van der Waals surface area contributed by atoms with Gasteiger partial charge in [0.05, 0.1) is 25.2 Å². The quantitative estimate of drug-likeness (QED) is 0.782. The Morgan fingerprint density at radius 2 is 2.20 bits per heavy atom. The number of nitriles is 1. The fourth-order valence-electron chi connectivity index (χ4n) is 1.10. The topological polar surface area (TPSA) is 50.1 Å². The van der Waals surface area contributed by atoms with E-state index < -0.39 is 0 Å². The summed E-state index contributed by atoms with van der Waals surface area (Å²) in [6.07, 6.45) is 0.0905. The van der Waals surface area contributed by atoms with Crippen LogP contribution in [0.3, 0.4) is 0 Å². The third-order valence-corrected chi connectivity index (χ3v) is 2.99. The maximum Gasteiger partial charge on any atom is 0.310 e. The molecule has 0 heterocycles. The van der Waals surface area contributed by atoms with Crippen molar-refractivity contribution in [2.45, 2.75) is 6.42 Å². The van der Waals surface area contributed by atoms with Gasteiger partial charge < -0.3 is 4.74 Å². The summed E-state index contributed by atoms with van der Waals surface area (Å²) in [5.41, 5.74) is 1.11. The smallest absolute Gasteiger partial charge is 0.310 e. The number of hydrogen-bond donors (Lipinski definition) is 0. The number of carbonyl (C=O) groups excluding carboxylic acids is 1. The van der Waals surface area contributed by atoms with Crippen molar-refractivity contribution in [2.75, 3.05) is 7.11 Å². The van der Waals surface area contributed by atoms with Crippen molar-refractivity contribution < 1.29 is 9.53 Å². The van der Waals surface area contributed by atoms with E-state index in [4.69, 9.17) is 5.26 Å². The summed E-state index contributed by atoms with van der Waals surface area (Å²) in [5.74, 6) is -0.366. The molecule has 0 saturated heterocycles. The van der Waals surface area contributed by atoms with E-state index in [1.54, 1.807) is 12.1 Å². The lowest BCUT2D eigenvalue weighted by Gasteiger charge is -2.06. The number of ether oxygens (including phenoxy) is 1. The molecule has 0 spiro atoms. The van der Waals surface area contributed by atoms with E-state index in [2.05, 4.69) is 36.6 Å². The third-order valence-electron chi connectivity index (χ3n) is 1.83. The van der Waals surface area contributed by atoms with E-state index in [1.807, 2.05) is 6.07 Å². The van der Waals surface area contributed by atoms with Crippen LogP contribution in [0.25, 0.3) is 0 Å². The Morgan fingerprint density at radius 3 is 2.73 bits per heavy atom. The molecule has 0 bridgehead atoms. The average molecular weight is 333 g/mol. The fourth-order valence-corrected chi connectivity index (χ4v) is 2.46. The zero-order valence-corrected chi connectivity index (χ0v) is 11.1. The molecule has 0 saturated carbocycles. The molecule has 0 aliphatic carbocycles. The van der Waals surface area contributed by atoms with Gasteiger partial charge in [-0.25, -0.2) is 0 Å². The highest BCUT2D eigenvalue weighted by Crippen LogP contribution is 2.26. The Balaban J connectivity index is 3.17. The molecule has 0 aromatic heterocycles. The molecule has 0 N–H and O–H groups in total. The molecule has 0 radical (unpaired) electrons. The summed E-state index contributed by atoms with van der Waals surface area (Å²) in [7, 11) is 1.32. The summed E-state index contributed by atoms with van der Waals surface area (Å²) in [5, 5.41) is 8.91. The predicted molar refractivity (Wildman–Crippen MR) is 62.3 cm³/mol. The van der Waals surface area contributed by atoms with E-state index in [0.29, 0.717) is 11.1 Å². The molecule has 78 valence electrons. The second kappa shape index (κ2) is 5.29. The van der Waals surface area contributed by atoms with Crippen molar-refractivity contribution in [1.29, 1.82) is 5.26 Å². The molecule has 0 atom stereocenters. The van der Waals surface area contributed by atoms with E-state index in [9.17, 15) is 4.79 Å². The Bertz CT molecular complexity index is 438. The molecule has 0 fully saturated rings. The highest BCUT2D eigenvalue weighted by Gasteiger charge is 2.12. The first-order valence-corrected chi connectivity index (χ1v) is 5.62. The lowest BCUT2D eigenvalue weighted by atomic mass is 10.1. The lowest BCUT2D eigenvalue weighted by molar-refractivity contribution is -0.139. The van der Waals surface area contributed by atoms with Gasteiger partial charge in [0.1, 0.15) is 0 Å². The van der Waals surface area contributed by atoms with Crippen molar-refractivity contribution in [3.63, 3.8) is 0 Å². The Morgan fingerprint density at radius 1 is 1.53 bits per heavy atom. The van der Waals surface area contributed by atoms with E-state index in [1.165, 1.54) is 7.11 Å². The highest BCUT2D eigenvalue weighted by molar-refractivity contribution is 9.11. The predicted octanol–water partition coefficient (Wildman–Crippen LogP) is 2.80. The normalized spacial score (nSPS) is 9.47. The first-order valence-electron chi connectivity index (χ1n) is 4.03. The van der Waals surface area contributed by atoms with Crippen LogP contribution in [0.2, 0.25) is 0 Å². The van der Waals surface area contributed by atoms with E-state index >= 15 is 0 Å². The number of nitrogens with zero attached hydrogens (tertiary/aromatic N) is 1. The van der Waals surface area contributed by atoms with Gasteiger partial charge in [-0.05, 0) is 17.7 Å². The molecular formula is C10H7Br2NO2. The molecule has 1 aromatic carbocycles. The summed E-state index contributed by atoms with van der Waals surface area (Å²) in [4.78, 5) is 11.1. The van der Waals surface area contributed by atoms with Crippen LogP contribution in [-0.2, 0) is 16.0 Å². The number of methoxy groups -OCH3 is 1. The largest absolute Gasteiger partial charge is 0.469 e. The van der Waals surface area contributed by atoms with Gasteiger partial charge in [-0.15, -0.1) is 0 Å². The molecule has 0 aliphatic rings. The van der Waals surface area contributed by atoms with E-state index in [0.717, 1.165) is 8.95 Å². The van der Waals surface area contributed by atoms with Crippen LogP contribution in [-0.4, -0.2) is 13.1 Å². The third kappa shape index (κ3) is 3.05. The summed E-state index contributed by atoms with van der Waals surface area (Å²) < 4.78 is 6.07. The second-order valence-electron chi connectivity index (χ2n) is 2.78. The Labute approximate surface area is 104 Å². The zero-order chi connectivity index (χ0) is 11.4. The van der Waals surface area contributed by atoms with Crippen LogP contribution < -0.4 is 0 Å². The molecule has 5 heteroatoms. The first-order chi connectivity index (χ1) is 7.08. The van der Waals surface area contributed by atoms with Gasteiger partial charge in [0.15, 0.2) is 0 Å². The monoisotopic (exact) mass is 331 g/mol. The number of esters is 1. The summed E-state index contributed by atoms with van der Waals surface area (Å²) in [6.45, 7) is 0. The molecule has 0 amide bonds. The van der Waals surface area contributed by atoms with E-state index in [-0.39, 0.29) is 12.4 Å². The fraction of sp³-hybridized carbons (Fsp3) is 0.200. The summed E-state index contributed by atoms with van der Waals surface area (Å²) in [6, 6.07) is 5.50. The zero-order valence-electron chi connectivity index (χ0n) is 7.88. The van der Waals surface area contributed by atoms with Gasteiger partial charge in [0, 0.05) is 8.95 Å². The number of carbonyl (C=O) groups is 1. The van der Waals surface area contributed by atoms with Crippen LogP contribution in [0.4, 0.5) is 0 Å². The molecule has 15 heavy (non-hydrogen) atoms. The van der Waals surface area contributed by atoms with Crippen LogP contribution in [0.15, 0.2) is 21.1 Å². The maximum atomic E-state index is 11.1. The van der Waals surface area contributed by atoms with Crippen molar-refractivity contribution in [3.05, 3.63) is 32.2 Å². The average Bonchev–Trinajstić information content (AvgIpc) is 2.21. The number of halogens is 2. The molecule has 0 aliphatic heterocycles. The van der Waals surface area contributed by atoms with Crippen molar-refractivity contribution in [2.24, 2.45) is 0 Å². The lowest BCUT2D eigenvalue weighted by Crippen LogP contribution is -2.06.